The molecule has 0 aliphatic carbocycles. The number of carboxylic acid groups (broad SMARTS) is 1. The number of carbonyl (C=O) groups is 2. The Kier molecular flexibility index (Phi) is 11.7. The van der Waals surface area contributed by atoms with E-state index < -0.39 is 11.9 Å². The van der Waals surface area contributed by atoms with Crippen molar-refractivity contribution in [1.82, 2.24) is 0 Å². The van der Waals surface area contributed by atoms with E-state index in [4.69, 9.17) is 18.9 Å². The van der Waals surface area contributed by atoms with Gasteiger partial charge in [0.05, 0.1) is 37.6 Å². The zero-order valence-corrected chi connectivity index (χ0v) is 22.6. The fourth-order valence-electron chi connectivity index (χ4n) is 3.98. The third-order valence-corrected chi connectivity index (χ3v) is 6.12. The van der Waals surface area contributed by atoms with E-state index in [1.807, 2.05) is 36.4 Å². The van der Waals surface area contributed by atoms with Crippen molar-refractivity contribution in [1.29, 1.82) is 0 Å². The molecule has 3 rings (SSSR count). The van der Waals surface area contributed by atoms with Crippen molar-refractivity contribution in [3.05, 3.63) is 95.6 Å². The zero-order valence-electron chi connectivity index (χ0n) is 22.6. The number of aromatic carboxylic acids is 1. The van der Waals surface area contributed by atoms with Crippen molar-refractivity contribution >= 4 is 11.9 Å². The van der Waals surface area contributed by atoms with Crippen molar-refractivity contribution in [2.24, 2.45) is 0 Å². The zero-order chi connectivity index (χ0) is 28.0. The van der Waals surface area contributed by atoms with Gasteiger partial charge in [-0.05, 0) is 66.8 Å². The van der Waals surface area contributed by atoms with Gasteiger partial charge >= 0.3 is 11.9 Å². The predicted octanol–water partition coefficient (Wildman–Crippen LogP) is 6.52. The number of unbranched alkanes of at least 4 members (excludes halogenated alkanes) is 1. The van der Waals surface area contributed by atoms with E-state index in [9.17, 15) is 14.7 Å². The number of ether oxygens (including phenoxy) is 4. The fourth-order valence-corrected chi connectivity index (χ4v) is 3.98. The number of benzene rings is 3. The highest BCUT2D eigenvalue weighted by molar-refractivity contribution is 5.94. The third kappa shape index (κ3) is 8.80. The Balaban J connectivity index is 1.59. The van der Waals surface area contributed by atoms with E-state index in [1.165, 1.54) is 0 Å². The lowest BCUT2D eigenvalue weighted by Gasteiger charge is -2.15. The molecule has 0 heterocycles. The van der Waals surface area contributed by atoms with Crippen LogP contribution in [0.4, 0.5) is 0 Å². The minimum absolute atomic E-state index is 0.127. The van der Waals surface area contributed by atoms with E-state index >= 15 is 0 Å². The molecule has 7 nitrogen and oxygen atoms in total. The highest BCUT2D eigenvalue weighted by atomic mass is 16.5. The molecule has 0 radical (unpaired) electrons. The first kappa shape index (κ1) is 29.6. The van der Waals surface area contributed by atoms with Crippen LogP contribution in [-0.2, 0) is 15.9 Å². The Morgan fingerprint density at radius 1 is 0.872 bits per heavy atom. The van der Waals surface area contributed by atoms with Gasteiger partial charge in [0, 0.05) is 5.56 Å². The molecule has 3 aromatic carbocycles. The van der Waals surface area contributed by atoms with Crippen molar-refractivity contribution in [3.8, 4) is 22.6 Å². The van der Waals surface area contributed by atoms with Crippen LogP contribution in [0, 0.1) is 6.92 Å². The van der Waals surface area contributed by atoms with Crippen LogP contribution in [-0.4, -0.2) is 50.1 Å². The average molecular weight is 533 g/mol. The van der Waals surface area contributed by atoms with Gasteiger partial charge in [0.25, 0.3) is 0 Å². The summed E-state index contributed by atoms with van der Waals surface area (Å²) < 4.78 is 22.2. The predicted molar refractivity (Wildman–Crippen MR) is 151 cm³/mol. The Bertz CT molecular complexity index is 1230. The van der Waals surface area contributed by atoms with Crippen molar-refractivity contribution in [3.63, 3.8) is 0 Å². The second kappa shape index (κ2) is 15.5. The van der Waals surface area contributed by atoms with Gasteiger partial charge in [0.2, 0.25) is 0 Å². The number of hydrogen-bond donors (Lipinski definition) is 1. The number of carbonyl (C=O) groups excluding carboxylic acids is 1. The van der Waals surface area contributed by atoms with E-state index in [-0.39, 0.29) is 5.56 Å². The summed E-state index contributed by atoms with van der Waals surface area (Å²) in [4.78, 5) is 24.6. The molecule has 39 heavy (non-hydrogen) atoms. The maximum Gasteiger partial charge on any atom is 0.343 e. The van der Waals surface area contributed by atoms with Crippen LogP contribution in [0.15, 0.2) is 73.3 Å². The molecule has 0 aromatic heterocycles. The third-order valence-electron chi connectivity index (χ3n) is 6.12. The lowest BCUT2D eigenvalue weighted by Crippen LogP contribution is -2.13. The summed E-state index contributed by atoms with van der Waals surface area (Å²) in [6.45, 7) is 9.79. The van der Waals surface area contributed by atoms with Gasteiger partial charge in [-0.2, -0.15) is 0 Å². The van der Waals surface area contributed by atoms with Crippen LogP contribution in [0.2, 0.25) is 0 Å². The Morgan fingerprint density at radius 3 is 2.15 bits per heavy atom. The average Bonchev–Trinajstić information content (AvgIpc) is 2.95. The van der Waals surface area contributed by atoms with Gasteiger partial charge in [-0.15, -0.1) is 6.58 Å². The first-order chi connectivity index (χ1) is 18.9. The van der Waals surface area contributed by atoms with E-state index in [2.05, 4.69) is 13.5 Å². The summed E-state index contributed by atoms with van der Waals surface area (Å²) in [5.41, 5.74) is 3.71. The lowest BCUT2D eigenvalue weighted by molar-refractivity contribution is 0.0449. The SMILES string of the molecule is C=CCOCCOCCOc1ccc(-c2ccc(C(=O)Oc3c(CCCC)ccc(C(=O)O)c3C)cc2)cc1. The first-order valence-electron chi connectivity index (χ1n) is 13.1. The smallest absolute Gasteiger partial charge is 0.343 e. The van der Waals surface area contributed by atoms with Crippen molar-refractivity contribution < 1.29 is 33.6 Å². The van der Waals surface area contributed by atoms with E-state index in [0.29, 0.717) is 56.3 Å². The first-order valence-corrected chi connectivity index (χ1v) is 13.1. The number of rotatable bonds is 16. The fraction of sp³-hybridized carbons (Fsp3) is 0.312. The monoisotopic (exact) mass is 532 g/mol. The summed E-state index contributed by atoms with van der Waals surface area (Å²) in [6, 6.07) is 18.1. The molecule has 0 saturated carbocycles. The minimum Gasteiger partial charge on any atom is -0.491 e. The molecule has 206 valence electrons. The van der Waals surface area contributed by atoms with Crippen LogP contribution in [0.25, 0.3) is 11.1 Å². The highest BCUT2D eigenvalue weighted by Crippen LogP contribution is 2.30. The summed E-state index contributed by atoms with van der Waals surface area (Å²) in [5, 5.41) is 9.50. The lowest BCUT2D eigenvalue weighted by atomic mass is 9.99. The van der Waals surface area contributed by atoms with Crippen molar-refractivity contribution in [2.45, 2.75) is 33.1 Å². The van der Waals surface area contributed by atoms with Gasteiger partial charge in [-0.3, -0.25) is 0 Å². The summed E-state index contributed by atoms with van der Waals surface area (Å²) in [6.07, 6.45) is 4.29. The number of hydrogen-bond acceptors (Lipinski definition) is 6. The molecule has 0 amide bonds. The topological polar surface area (TPSA) is 91.3 Å². The summed E-state index contributed by atoms with van der Waals surface area (Å²) in [7, 11) is 0. The van der Waals surface area contributed by atoms with Gasteiger partial charge < -0.3 is 24.1 Å². The molecular weight excluding hydrogens is 496 g/mol. The molecule has 3 aromatic rings. The van der Waals surface area contributed by atoms with Crippen LogP contribution in [0.5, 0.6) is 11.5 Å². The Hall–Kier alpha value is -3.94. The maximum atomic E-state index is 13.0. The van der Waals surface area contributed by atoms with E-state index in [0.717, 1.165) is 35.3 Å². The van der Waals surface area contributed by atoms with Crippen LogP contribution >= 0.6 is 0 Å². The highest BCUT2D eigenvalue weighted by Gasteiger charge is 2.19. The Morgan fingerprint density at radius 2 is 1.51 bits per heavy atom. The largest absolute Gasteiger partial charge is 0.491 e. The number of carboxylic acids is 1. The minimum atomic E-state index is -1.05. The summed E-state index contributed by atoms with van der Waals surface area (Å²) >= 11 is 0. The molecule has 0 saturated heterocycles. The van der Waals surface area contributed by atoms with E-state index in [1.54, 1.807) is 37.3 Å². The molecule has 0 spiro atoms. The normalized spacial score (nSPS) is 10.7. The van der Waals surface area contributed by atoms with Crippen LogP contribution in [0.1, 0.15) is 51.6 Å². The van der Waals surface area contributed by atoms with Crippen molar-refractivity contribution in [2.75, 3.05) is 33.0 Å². The van der Waals surface area contributed by atoms with Gasteiger partial charge in [-0.25, -0.2) is 9.59 Å². The van der Waals surface area contributed by atoms with Gasteiger partial charge in [0.1, 0.15) is 18.1 Å². The quantitative estimate of drug-likeness (QED) is 0.0972. The number of aryl methyl sites for hydroxylation is 1. The molecule has 0 unspecified atom stereocenters. The standard InChI is InChI=1S/C32H36O7/c1-4-6-7-26-14-17-29(31(33)34)23(3)30(26)39-32(35)27-10-8-24(9-11-27)25-12-15-28(16-13-25)38-22-21-37-20-19-36-18-5-2/h5,8-17H,2,4,6-7,18-22H2,1,3H3,(H,33,34). The maximum absolute atomic E-state index is 13.0. The van der Waals surface area contributed by atoms with Gasteiger partial charge in [-0.1, -0.05) is 49.8 Å². The second-order valence-corrected chi connectivity index (χ2v) is 8.95. The molecule has 0 atom stereocenters. The molecule has 1 N–H and O–H groups in total. The Labute approximate surface area is 230 Å². The van der Waals surface area contributed by atoms with Gasteiger partial charge in [0.15, 0.2) is 0 Å². The molecule has 0 aliphatic rings. The molecular formula is C32H36O7. The molecule has 0 fully saturated rings. The number of esters is 1. The molecule has 7 heteroatoms. The molecule has 0 bridgehead atoms. The summed E-state index contributed by atoms with van der Waals surface area (Å²) in [5.74, 6) is -0.503. The second-order valence-electron chi connectivity index (χ2n) is 8.95. The molecule has 0 aliphatic heterocycles. The van der Waals surface area contributed by atoms with Crippen LogP contribution < -0.4 is 9.47 Å². The van der Waals surface area contributed by atoms with Crippen LogP contribution in [0.3, 0.4) is 0 Å².